The van der Waals surface area contributed by atoms with E-state index in [2.05, 4.69) is 53.7 Å². The number of aromatic nitrogens is 2. The van der Waals surface area contributed by atoms with Gasteiger partial charge in [0, 0.05) is 13.0 Å². The van der Waals surface area contributed by atoms with Crippen LogP contribution in [0.4, 0.5) is 0 Å². The van der Waals surface area contributed by atoms with E-state index >= 15 is 0 Å². The number of aliphatic hydroxyl groups is 1. The van der Waals surface area contributed by atoms with Crippen LogP contribution in [0.15, 0.2) is 48.5 Å². The third-order valence-electron chi connectivity index (χ3n) is 4.93. The Labute approximate surface area is 155 Å². The first kappa shape index (κ1) is 18.5. The minimum absolute atomic E-state index is 0.113. The van der Waals surface area contributed by atoms with Gasteiger partial charge in [-0.25, -0.2) is 4.98 Å². The normalized spacial score (nSPS) is 12.4. The Morgan fingerprint density at radius 1 is 1.12 bits per heavy atom. The van der Waals surface area contributed by atoms with Crippen molar-refractivity contribution in [3.8, 4) is 5.75 Å². The van der Waals surface area contributed by atoms with E-state index in [4.69, 9.17) is 4.74 Å². The molecule has 26 heavy (non-hydrogen) atoms. The van der Waals surface area contributed by atoms with Gasteiger partial charge in [-0.05, 0) is 48.6 Å². The number of hydrogen-bond acceptors (Lipinski definition) is 3. The minimum Gasteiger partial charge on any atom is -0.494 e. The molecule has 3 aromatic rings. The van der Waals surface area contributed by atoms with Crippen LogP contribution in [0.1, 0.15) is 44.0 Å². The van der Waals surface area contributed by atoms with Crippen LogP contribution in [0, 0.1) is 0 Å². The number of fused-ring (bicyclic) bond motifs is 1. The molecule has 0 fully saturated rings. The second-order valence-electron chi connectivity index (χ2n) is 6.72. The highest BCUT2D eigenvalue weighted by molar-refractivity contribution is 5.75. The molecule has 1 atom stereocenters. The summed E-state index contributed by atoms with van der Waals surface area (Å²) in [7, 11) is 0. The van der Waals surface area contributed by atoms with Gasteiger partial charge in [-0.3, -0.25) is 0 Å². The number of ether oxygens (including phenoxy) is 1. The van der Waals surface area contributed by atoms with Crippen molar-refractivity contribution in [2.24, 2.45) is 0 Å². The molecule has 1 heterocycles. The summed E-state index contributed by atoms with van der Waals surface area (Å²) < 4.78 is 8.10. The topological polar surface area (TPSA) is 47.3 Å². The van der Waals surface area contributed by atoms with Crippen LogP contribution < -0.4 is 4.74 Å². The highest BCUT2D eigenvalue weighted by Gasteiger charge is 2.09. The van der Waals surface area contributed by atoms with Crippen molar-refractivity contribution in [2.45, 2.75) is 45.6 Å². The zero-order valence-electron chi connectivity index (χ0n) is 15.7. The third kappa shape index (κ3) is 4.25. The molecule has 0 aliphatic heterocycles. The highest BCUT2D eigenvalue weighted by atomic mass is 16.5. The van der Waals surface area contributed by atoms with Crippen molar-refractivity contribution in [1.82, 2.24) is 9.55 Å². The summed E-state index contributed by atoms with van der Waals surface area (Å²) in [6.45, 7) is 6.06. The Balaban J connectivity index is 1.58. The van der Waals surface area contributed by atoms with Crippen LogP contribution in [0.25, 0.3) is 11.0 Å². The molecular weight excluding hydrogens is 324 g/mol. The summed E-state index contributed by atoms with van der Waals surface area (Å²) >= 11 is 0. The van der Waals surface area contributed by atoms with Crippen molar-refractivity contribution in [1.29, 1.82) is 0 Å². The summed E-state index contributed by atoms with van der Waals surface area (Å²) in [6, 6.07) is 16.6. The summed E-state index contributed by atoms with van der Waals surface area (Å²) in [6.07, 6.45) is 2.62. The van der Waals surface area contributed by atoms with Crippen molar-refractivity contribution in [3.63, 3.8) is 0 Å². The van der Waals surface area contributed by atoms with E-state index < -0.39 is 0 Å². The second kappa shape index (κ2) is 8.86. The molecule has 4 heteroatoms. The Hall–Kier alpha value is -2.33. The van der Waals surface area contributed by atoms with Crippen molar-refractivity contribution in [3.05, 3.63) is 59.9 Å². The van der Waals surface area contributed by atoms with Gasteiger partial charge in [-0.1, -0.05) is 38.1 Å². The van der Waals surface area contributed by atoms with E-state index in [1.807, 2.05) is 18.2 Å². The molecule has 0 amide bonds. The fourth-order valence-corrected chi connectivity index (χ4v) is 3.21. The Kier molecular flexibility index (Phi) is 6.29. The van der Waals surface area contributed by atoms with Gasteiger partial charge in [0.1, 0.15) is 11.6 Å². The van der Waals surface area contributed by atoms with E-state index in [0.717, 1.165) is 42.0 Å². The van der Waals surface area contributed by atoms with E-state index in [0.29, 0.717) is 18.9 Å². The van der Waals surface area contributed by atoms with Crippen LogP contribution >= 0.6 is 0 Å². The Morgan fingerprint density at radius 2 is 1.88 bits per heavy atom. The number of benzene rings is 2. The predicted molar refractivity (Wildman–Crippen MR) is 106 cm³/mol. The SMILES string of the molecule is CCC(C)c1ccc(OCCCn2c(CCO)nc3ccccc32)cc1. The average Bonchev–Trinajstić information content (AvgIpc) is 3.02. The van der Waals surface area contributed by atoms with Crippen LogP contribution in [0.3, 0.4) is 0 Å². The van der Waals surface area contributed by atoms with E-state index in [9.17, 15) is 5.11 Å². The zero-order valence-corrected chi connectivity index (χ0v) is 15.7. The number of nitrogens with zero attached hydrogens (tertiary/aromatic N) is 2. The first-order valence-electron chi connectivity index (χ1n) is 9.50. The van der Waals surface area contributed by atoms with Crippen molar-refractivity contribution >= 4 is 11.0 Å². The molecule has 0 aliphatic carbocycles. The van der Waals surface area contributed by atoms with Crippen molar-refractivity contribution < 1.29 is 9.84 Å². The standard InChI is InChI=1S/C22H28N2O2/c1-3-17(2)18-9-11-19(12-10-18)26-16-6-14-24-21-8-5-4-7-20(21)23-22(24)13-15-25/h4-5,7-12,17,25H,3,6,13-16H2,1-2H3. The first-order chi connectivity index (χ1) is 12.7. The smallest absolute Gasteiger partial charge is 0.119 e. The van der Waals surface area contributed by atoms with E-state index in [1.54, 1.807) is 0 Å². The number of para-hydroxylation sites is 2. The largest absolute Gasteiger partial charge is 0.494 e. The molecule has 0 spiro atoms. The number of hydrogen-bond donors (Lipinski definition) is 1. The van der Waals surface area contributed by atoms with Gasteiger partial charge in [0.25, 0.3) is 0 Å². The summed E-state index contributed by atoms with van der Waals surface area (Å²) in [5.41, 5.74) is 3.46. The van der Waals surface area contributed by atoms with Gasteiger partial charge in [0.05, 0.1) is 24.2 Å². The predicted octanol–water partition coefficient (Wildman–Crippen LogP) is 4.55. The fourth-order valence-electron chi connectivity index (χ4n) is 3.21. The van der Waals surface area contributed by atoms with Crippen molar-refractivity contribution in [2.75, 3.05) is 13.2 Å². The number of aryl methyl sites for hydroxylation is 1. The fraction of sp³-hybridized carbons (Fsp3) is 0.409. The lowest BCUT2D eigenvalue weighted by Crippen LogP contribution is -2.09. The molecule has 1 N–H and O–H groups in total. The van der Waals surface area contributed by atoms with Gasteiger partial charge >= 0.3 is 0 Å². The third-order valence-corrected chi connectivity index (χ3v) is 4.93. The highest BCUT2D eigenvalue weighted by Crippen LogP contribution is 2.22. The maximum Gasteiger partial charge on any atom is 0.119 e. The van der Waals surface area contributed by atoms with Crippen LogP contribution in [-0.2, 0) is 13.0 Å². The number of rotatable bonds is 9. The van der Waals surface area contributed by atoms with Gasteiger partial charge < -0.3 is 14.4 Å². The molecule has 0 radical (unpaired) electrons. The maximum atomic E-state index is 9.29. The summed E-state index contributed by atoms with van der Waals surface area (Å²) in [5, 5.41) is 9.29. The van der Waals surface area contributed by atoms with E-state index in [1.165, 1.54) is 5.56 Å². The van der Waals surface area contributed by atoms with Crippen LogP contribution in [0.5, 0.6) is 5.75 Å². The van der Waals surface area contributed by atoms with Gasteiger partial charge in [0.15, 0.2) is 0 Å². The second-order valence-corrected chi connectivity index (χ2v) is 6.72. The first-order valence-corrected chi connectivity index (χ1v) is 9.50. The molecule has 2 aromatic carbocycles. The van der Waals surface area contributed by atoms with Gasteiger partial charge in [0.2, 0.25) is 0 Å². The monoisotopic (exact) mass is 352 g/mol. The summed E-state index contributed by atoms with van der Waals surface area (Å²) in [5.74, 6) is 2.44. The molecule has 0 saturated heterocycles. The molecule has 4 nitrogen and oxygen atoms in total. The minimum atomic E-state index is 0.113. The van der Waals surface area contributed by atoms with Gasteiger partial charge in [-0.2, -0.15) is 0 Å². The molecule has 1 aromatic heterocycles. The molecule has 3 rings (SSSR count). The molecule has 138 valence electrons. The van der Waals surface area contributed by atoms with Gasteiger partial charge in [-0.15, -0.1) is 0 Å². The van der Waals surface area contributed by atoms with Crippen LogP contribution in [0.2, 0.25) is 0 Å². The average molecular weight is 352 g/mol. The Morgan fingerprint density at radius 3 is 2.62 bits per heavy atom. The molecule has 0 saturated carbocycles. The molecule has 0 aliphatic rings. The van der Waals surface area contributed by atoms with Crippen LogP contribution in [-0.4, -0.2) is 27.9 Å². The molecule has 1 unspecified atom stereocenters. The number of imidazole rings is 1. The molecule has 0 bridgehead atoms. The molecular formula is C22H28N2O2. The lowest BCUT2D eigenvalue weighted by molar-refractivity contribution is 0.289. The zero-order chi connectivity index (χ0) is 18.4. The Bertz CT molecular complexity index is 824. The lowest BCUT2D eigenvalue weighted by atomic mass is 9.99. The number of aliphatic hydroxyl groups excluding tert-OH is 1. The lowest BCUT2D eigenvalue weighted by Gasteiger charge is -2.12. The summed E-state index contributed by atoms with van der Waals surface area (Å²) in [4.78, 5) is 4.64. The van der Waals surface area contributed by atoms with E-state index in [-0.39, 0.29) is 6.61 Å². The quantitative estimate of drug-likeness (QED) is 0.575. The maximum absolute atomic E-state index is 9.29.